The van der Waals surface area contributed by atoms with Crippen LogP contribution in [0.15, 0.2) is 46.9 Å². The summed E-state index contributed by atoms with van der Waals surface area (Å²) < 4.78 is 6.27. The summed E-state index contributed by atoms with van der Waals surface area (Å²) in [6.45, 7) is 2.88. The Hall–Kier alpha value is -1.99. The molecule has 2 rings (SSSR count). The number of nitriles is 1. The molecule has 0 aromatic heterocycles. The summed E-state index contributed by atoms with van der Waals surface area (Å²) in [4.78, 5) is 0. The number of hydrogen-bond donors (Lipinski definition) is 1. The van der Waals surface area contributed by atoms with Crippen molar-refractivity contribution < 1.29 is 4.74 Å². The maximum atomic E-state index is 8.45. The molecule has 3 nitrogen and oxygen atoms in total. The first-order chi connectivity index (χ1) is 9.69. The van der Waals surface area contributed by atoms with Crippen molar-refractivity contribution in [1.29, 1.82) is 5.26 Å². The summed E-state index contributed by atoms with van der Waals surface area (Å²) in [6, 6.07) is 15.9. The maximum Gasteiger partial charge on any atom is 0.174 e. The molecule has 0 aliphatic carbocycles. The van der Waals surface area contributed by atoms with E-state index in [0.717, 1.165) is 22.3 Å². The monoisotopic (exact) mass is 330 g/mol. The van der Waals surface area contributed by atoms with Crippen molar-refractivity contribution >= 4 is 21.6 Å². The van der Waals surface area contributed by atoms with Crippen LogP contribution in [0.3, 0.4) is 0 Å². The number of halogens is 1. The van der Waals surface area contributed by atoms with Crippen LogP contribution >= 0.6 is 15.9 Å². The molecule has 0 radical (unpaired) electrons. The Morgan fingerprint density at radius 1 is 1.20 bits per heavy atom. The minimum atomic E-state index is 0.0772. The molecular formula is C16H15BrN2O. The lowest BCUT2D eigenvalue weighted by Crippen LogP contribution is -2.00. The Morgan fingerprint density at radius 2 is 1.95 bits per heavy atom. The van der Waals surface area contributed by atoms with Gasteiger partial charge in [0.15, 0.2) is 6.61 Å². The van der Waals surface area contributed by atoms with Crippen molar-refractivity contribution in [2.45, 2.75) is 13.5 Å². The summed E-state index contributed by atoms with van der Waals surface area (Å²) in [5, 5.41) is 11.8. The first kappa shape index (κ1) is 14.4. The molecule has 0 atom stereocenters. The predicted molar refractivity (Wildman–Crippen MR) is 83.8 cm³/mol. The average Bonchev–Trinajstić information content (AvgIpc) is 2.47. The largest absolute Gasteiger partial charge is 0.479 e. The van der Waals surface area contributed by atoms with E-state index in [1.54, 1.807) is 0 Å². The van der Waals surface area contributed by atoms with Gasteiger partial charge in [0.2, 0.25) is 0 Å². The van der Waals surface area contributed by atoms with Crippen molar-refractivity contribution in [2.24, 2.45) is 0 Å². The van der Waals surface area contributed by atoms with Gasteiger partial charge >= 0.3 is 0 Å². The van der Waals surface area contributed by atoms with Gasteiger partial charge in [0.05, 0.1) is 0 Å². The summed E-state index contributed by atoms with van der Waals surface area (Å²) in [5.74, 6) is 0.715. The zero-order chi connectivity index (χ0) is 14.4. The quantitative estimate of drug-likeness (QED) is 0.890. The third-order valence-electron chi connectivity index (χ3n) is 2.83. The second-order valence-corrected chi connectivity index (χ2v) is 5.28. The van der Waals surface area contributed by atoms with E-state index in [9.17, 15) is 0 Å². The van der Waals surface area contributed by atoms with E-state index in [2.05, 4.69) is 40.3 Å². The topological polar surface area (TPSA) is 45.0 Å². The molecular weight excluding hydrogens is 316 g/mol. The Morgan fingerprint density at radius 3 is 2.65 bits per heavy atom. The van der Waals surface area contributed by atoms with Gasteiger partial charge in [-0.2, -0.15) is 5.26 Å². The molecule has 4 heteroatoms. The number of nitrogens with one attached hydrogen (secondary N) is 1. The van der Waals surface area contributed by atoms with Crippen LogP contribution < -0.4 is 10.1 Å². The summed E-state index contributed by atoms with van der Waals surface area (Å²) >= 11 is 3.53. The first-order valence-electron chi connectivity index (χ1n) is 6.28. The molecule has 0 saturated carbocycles. The Bertz CT molecular complexity index is 617. The zero-order valence-corrected chi connectivity index (χ0v) is 12.8. The van der Waals surface area contributed by atoms with Gasteiger partial charge in [-0.15, -0.1) is 0 Å². The SMILES string of the molecule is Cc1ccc(Br)c(NCc2ccc(OCC#N)cc2)c1. The Labute approximate surface area is 127 Å². The molecule has 0 aliphatic rings. The second-order valence-electron chi connectivity index (χ2n) is 4.43. The molecule has 102 valence electrons. The molecule has 0 bridgehead atoms. The highest BCUT2D eigenvalue weighted by atomic mass is 79.9. The van der Waals surface area contributed by atoms with Crippen LogP contribution in [0, 0.1) is 18.3 Å². The van der Waals surface area contributed by atoms with Crippen LogP contribution in [-0.4, -0.2) is 6.61 Å². The van der Waals surface area contributed by atoms with Gasteiger partial charge in [-0.25, -0.2) is 0 Å². The molecule has 0 heterocycles. The molecule has 1 N–H and O–H groups in total. The molecule has 20 heavy (non-hydrogen) atoms. The molecule has 2 aromatic carbocycles. The van der Waals surface area contributed by atoms with E-state index >= 15 is 0 Å². The fourth-order valence-corrected chi connectivity index (χ4v) is 2.18. The van der Waals surface area contributed by atoms with Gasteiger partial charge in [0.25, 0.3) is 0 Å². The number of anilines is 1. The van der Waals surface area contributed by atoms with Gasteiger partial charge in [0, 0.05) is 16.7 Å². The van der Waals surface area contributed by atoms with Crippen LogP contribution in [0.4, 0.5) is 5.69 Å². The second kappa shape index (κ2) is 6.97. The van der Waals surface area contributed by atoms with E-state index in [-0.39, 0.29) is 6.61 Å². The lowest BCUT2D eigenvalue weighted by atomic mass is 10.2. The highest BCUT2D eigenvalue weighted by Crippen LogP contribution is 2.24. The van der Waals surface area contributed by atoms with E-state index < -0.39 is 0 Å². The average molecular weight is 331 g/mol. The van der Waals surface area contributed by atoms with Gasteiger partial charge in [-0.1, -0.05) is 18.2 Å². The maximum absolute atomic E-state index is 8.45. The molecule has 0 spiro atoms. The lowest BCUT2D eigenvalue weighted by molar-refractivity contribution is 0.368. The number of hydrogen-bond acceptors (Lipinski definition) is 3. The Kier molecular flexibility index (Phi) is 5.03. The van der Waals surface area contributed by atoms with Gasteiger partial charge in [0.1, 0.15) is 11.8 Å². The zero-order valence-electron chi connectivity index (χ0n) is 11.2. The molecule has 0 saturated heterocycles. The van der Waals surface area contributed by atoms with Crippen LogP contribution in [0.2, 0.25) is 0 Å². The third-order valence-corrected chi connectivity index (χ3v) is 3.52. The highest BCUT2D eigenvalue weighted by Gasteiger charge is 2.00. The van der Waals surface area contributed by atoms with E-state index in [1.165, 1.54) is 5.56 Å². The minimum Gasteiger partial charge on any atom is -0.479 e. The van der Waals surface area contributed by atoms with E-state index in [1.807, 2.05) is 36.4 Å². The molecule has 0 fully saturated rings. The number of benzene rings is 2. The van der Waals surface area contributed by atoms with E-state index in [4.69, 9.17) is 10.00 Å². The van der Waals surface area contributed by atoms with Crippen LogP contribution in [0.1, 0.15) is 11.1 Å². The molecule has 2 aromatic rings. The smallest absolute Gasteiger partial charge is 0.174 e. The minimum absolute atomic E-state index is 0.0772. The van der Waals surface area contributed by atoms with Gasteiger partial charge < -0.3 is 10.1 Å². The fourth-order valence-electron chi connectivity index (χ4n) is 1.79. The number of nitrogens with zero attached hydrogens (tertiary/aromatic N) is 1. The van der Waals surface area contributed by atoms with Crippen molar-refractivity contribution in [2.75, 3.05) is 11.9 Å². The van der Waals surface area contributed by atoms with Crippen molar-refractivity contribution in [3.8, 4) is 11.8 Å². The van der Waals surface area contributed by atoms with Crippen LogP contribution in [-0.2, 0) is 6.54 Å². The normalized spacial score (nSPS) is 9.85. The van der Waals surface area contributed by atoms with Crippen molar-refractivity contribution in [1.82, 2.24) is 0 Å². The lowest BCUT2D eigenvalue weighted by Gasteiger charge is -2.10. The number of rotatable bonds is 5. The highest BCUT2D eigenvalue weighted by molar-refractivity contribution is 9.10. The van der Waals surface area contributed by atoms with Gasteiger partial charge in [-0.3, -0.25) is 0 Å². The number of ether oxygens (including phenoxy) is 1. The standard InChI is InChI=1S/C16H15BrN2O/c1-12-2-7-15(17)16(10-12)19-11-13-3-5-14(6-4-13)20-9-8-18/h2-7,10,19H,9,11H2,1H3. The van der Waals surface area contributed by atoms with Crippen molar-refractivity contribution in [3.05, 3.63) is 58.1 Å². The van der Waals surface area contributed by atoms with Crippen LogP contribution in [0.25, 0.3) is 0 Å². The van der Waals surface area contributed by atoms with E-state index in [0.29, 0.717) is 5.75 Å². The van der Waals surface area contributed by atoms with Crippen LogP contribution in [0.5, 0.6) is 5.75 Å². The third kappa shape index (κ3) is 4.01. The summed E-state index contributed by atoms with van der Waals surface area (Å²) in [6.07, 6.45) is 0. The summed E-state index contributed by atoms with van der Waals surface area (Å²) in [7, 11) is 0. The first-order valence-corrected chi connectivity index (χ1v) is 7.07. The Balaban J connectivity index is 1.97. The molecule has 0 unspecified atom stereocenters. The summed E-state index contributed by atoms with van der Waals surface area (Å²) in [5.41, 5.74) is 3.45. The van der Waals surface area contributed by atoms with Gasteiger partial charge in [-0.05, 0) is 58.2 Å². The van der Waals surface area contributed by atoms with Crippen molar-refractivity contribution in [3.63, 3.8) is 0 Å². The molecule has 0 amide bonds. The fraction of sp³-hybridized carbons (Fsp3) is 0.188. The predicted octanol–water partition coefficient (Wildman–Crippen LogP) is 4.27. The number of aryl methyl sites for hydroxylation is 1. The molecule has 0 aliphatic heterocycles.